The van der Waals surface area contributed by atoms with Gasteiger partial charge in [-0.3, -0.25) is 0 Å². The molecule has 0 radical (unpaired) electrons. The quantitative estimate of drug-likeness (QED) is 0.736. The van der Waals surface area contributed by atoms with Gasteiger partial charge in [0.15, 0.2) is 0 Å². The molecule has 0 saturated carbocycles. The number of anilines is 1. The number of nitrogens with zero attached hydrogens (tertiary/aromatic N) is 2. The molecule has 19 heavy (non-hydrogen) atoms. The van der Waals surface area contributed by atoms with Gasteiger partial charge < -0.3 is 4.90 Å². The van der Waals surface area contributed by atoms with Crippen LogP contribution in [0.2, 0.25) is 0 Å². The van der Waals surface area contributed by atoms with Crippen molar-refractivity contribution >= 4 is 17.4 Å². The van der Waals surface area contributed by atoms with E-state index in [0.29, 0.717) is 11.9 Å². The van der Waals surface area contributed by atoms with Crippen LogP contribution in [0.15, 0.2) is 12.1 Å². The molecule has 2 heterocycles. The monoisotopic (exact) mass is 280 g/mol. The summed E-state index contributed by atoms with van der Waals surface area (Å²) in [5, 5.41) is 0. The topological polar surface area (TPSA) is 16.1 Å². The van der Waals surface area contributed by atoms with Crippen LogP contribution in [-0.2, 0) is 12.3 Å². The Morgan fingerprint density at radius 3 is 2.84 bits per heavy atom. The van der Waals surface area contributed by atoms with Gasteiger partial charge in [-0.1, -0.05) is 20.3 Å². The molecule has 1 saturated heterocycles. The molecule has 0 amide bonds. The van der Waals surface area contributed by atoms with Crippen molar-refractivity contribution in [3.05, 3.63) is 23.4 Å². The zero-order valence-corrected chi connectivity index (χ0v) is 12.9. The third kappa shape index (κ3) is 3.62. The van der Waals surface area contributed by atoms with Gasteiger partial charge in [0.05, 0.1) is 0 Å². The van der Waals surface area contributed by atoms with Crippen LogP contribution in [-0.4, -0.2) is 17.6 Å². The molecule has 106 valence electrons. The number of aromatic nitrogens is 1. The fraction of sp³-hybridized carbons (Fsp3) is 0.688. The van der Waals surface area contributed by atoms with Crippen LogP contribution in [0.5, 0.6) is 0 Å². The molecular formula is C16H25ClN2. The first-order chi connectivity index (χ1) is 9.28. The number of halogens is 1. The molecular weight excluding hydrogens is 256 g/mol. The highest BCUT2D eigenvalue weighted by Crippen LogP contribution is 2.27. The Hall–Kier alpha value is -0.760. The van der Waals surface area contributed by atoms with Gasteiger partial charge >= 0.3 is 0 Å². The van der Waals surface area contributed by atoms with Gasteiger partial charge in [0.2, 0.25) is 0 Å². The molecule has 1 aromatic rings. The number of rotatable bonds is 5. The summed E-state index contributed by atoms with van der Waals surface area (Å²) >= 11 is 6.02. The Morgan fingerprint density at radius 1 is 1.32 bits per heavy atom. The largest absolute Gasteiger partial charge is 0.354 e. The minimum atomic E-state index is 0.578. The van der Waals surface area contributed by atoms with Gasteiger partial charge in [-0.25, -0.2) is 4.98 Å². The van der Waals surface area contributed by atoms with E-state index in [2.05, 4.69) is 30.9 Å². The molecule has 1 atom stereocenters. The zero-order valence-electron chi connectivity index (χ0n) is 12.2. The van der Waals surface area contributed by atoms with Crippen LogP contribution in [0.25, 0.3) is 0 Å². The van der Waals surface area contributed by atoms with Crippen molar-refractivity contribution in [3.63, 3.8) is 0 Å². The molecule has 0 spiro atoms. The van der Waals surface area contributed by atoms with E-state index in [9.17, 15) is 0 Å². The number of piperidine rings is 1. The lowest BCUT2D eigenvalue weighted by molar-refractivity contribution is 0.431. The van der Waals surface area contributed by atoms with E-state index in [1.807, 2.05) is 0 Å². The molecule has 2 nitrogen and oxygen atoms in total. The van der Waals surface area contributed by atoms with E-state index in [-0.39, 0.29) is 0 Å². The highest BCUT2D eigenvalue weighted by atomic mass is 35.5. The molecule has 3 heteroatoms. The van der Waals surface area contributed by atoms with Crippen LogP contribution in [0.1, 0.15) is 57.2 Å². The summed E-state index contributed by atoms with van der Waals surface area (Å²) in [6.45, 7) is 5.57. The Labute approximate surface area is 122 Å². The predicted molar refractivity (Wildman–Crippen MR) is 83.1 cm³/mol. The predicted octanol–water partition coefficient (Wildman–Crippen LogP) is 4.54. The number of hydrogen-bond donors (Lipinski definition) is 0. The number of pyridine rings is 1. The molecule has 2 rings (SSSR count). The highest BCUT2D eigenvalue weighted by Gasteiger charge is 2.23. The van der Waals surface area contributed by atoms with Crippen molar-refractivity contribution in [3.8, 4) is 0 Å². The summed E-state index contributed by atoms with van der Waals surface area (Å²) in [4.78, 5) is 7.34. The normalized spacial score (nSPS) is 19.7. The van der Waals surface area contributed by atoms with Gasteiger partial charge in [0.1, 0.15) is 5.82 Å². The first kappa shape index (κ1) is 14.6. The van der Waals surface area contributed by atoms with E-state index >= 15 is 0 Å². The van der Waals surface area contributed by atoms with Gasteiger partial charge in [-0.2, -0.15) is 0 Å². The number of aryl methyl sites for hydroxylation is 1. The minimum absolute atomic E-state index is 0.578. The van der Waals surface area contributed by atoms with Gasteiger partial charge in [0, 0.05) is 24.2 Å². The van der Waals surface area contributed by atoms with Crippen molar-refractivity contribution in [1.82, 2.24) is 4.98 Å². The lowest BCUT2D eigenvalue weighted by Gasteiger charge is -2.37. The van der Waals surface area contributed by atoms with E-state index in [1.54, 1.807) is 0 Å². The molecule has 1 aliphatic heterocycles. The average Bonchev–Trinajstić information content (AvgIpc) is 2.47. The molecule has 0 aliphatic carbocycles. The summed E-state index contributed by atoms with van der Waals surface area (Å²) in [5.74, 6) is 1.72. The maximum absolute atomic E-state index is 6.02. The van der Waals surface area contributed by atoms with E-state index < -0.39 is 0 Å². The van der Waals surface area contributed by atoms with Crippen LogP contribution < -0.4 is 4.90 Å². The van der Waals surface area contributed by atoms with Gasteiger partial charge in [0.25, 0.3) is 0 Å². The third-order valence-corrected chi connectivity index (χ3v) is 4.29. The number of hydrogen-bond acceptors (Lipinski definition) is 2. The maximum atomic E-state index is 6.02. The summed E-state index contributed by atoms with van der Waals surface area (Å²) in [5.41, 5.74) is 2.36. The fourth-order valence-corrected chi connectivity index (χ4v) is 3.13. The van der Waals surface area contributed by atoms with E-state index in [4.69, 9.17) is 16.6 Å². The van der Waals surface area contributed by atoms with Crippen molar-refractivity contribution in [2.45, 2.75) is 64.3 Å². The second-order valence-corrected chi connectivity index (χ2v) is 5.71. The van der Waals surface area contributed by atoms with Crippen LogP contribution in [0.4, 0.5) is 5.82 Å². The fourth-order valence-electron chi connectivity index (χ4n) is 2.97. The van der Waals surface area contributed by atoms with Crippen LogP contribution in [0, 0.1) is 0 Å². The highest BCUT2D eigenvalue weighted by molar-refractivity contribution is 6.17. The minimum Gasteiger partial charge on any atom is -0.354 e. The SMILES string of the molecule is CCCC1CCCCN1c1cc(CCl)cc(CC)n1. The molecule has 0 aromatic carbocycles. The second kappa shape index (κ2) is 7.14. The Bertz CT molecular complexity index is 381. The van der Waals surface area contributed by atoms with E-state index in [1.165, 1.54) is 37.7 Å². The first-order valence-electron chi connectivity index (χ1n) is 7.61. The van der Waals surface area contributed by atoms with Crippen molar-refractivity contribution in [2.75, 3.05) is 11.4 Å². The maximum Gasteiger partial charge on any atom is 0.129 e. The summed E-state index contributed by atoms with van der Waals surface area (Å²) in [6, 6.07) is 4.98. The second-order valence-electron chi connectivity index (χ2n) is 5.44. The van der Waals surface area contributed by atoms with Crippen LogP contribution in [0.3, 0.4) is 0 Å². The Balaban J connectivity index is 2.26. The van der Waals surface area contributed by atoms with E-state index in [0.717, 1.165) is 24.5 Å². The molecule has 1 aliphatic rings. The first-order valence-corrected chi connectivity index (χ1v) is 8.14. The smallest absolute Gasteiger partial charge is 0.129 e. The standard InChI is InChI=1S/C16H25ClN2/c1-3-7-15-8-5-6-9-19(15)16-11-13(12-17)10-14(4-2)18-16/h10-11,15H,3-9,12H2,1-2H3. The third-order valence-electron chi connectivity index (χ3n) is 3.98. The van der Waals surface area contributed by atoms with Gasteiger partial charge in [-0.05, 0) is 49.8 Å². The number of alkyl halides is 1. The van der Waals surface area contributed by atoms with Crippen molar-refractivity contribution in [1.29, 1.82) is 0 Å². The van der Waals surface area contributed by atoms with Gasteiger partial charge in [-0.15, -0.1) is 11.6 Å². The Morgan fingerprint density at radius 2 is 2.16 bits per heavy atom. The summed E-state index contributed by atoms with van der Waals surface area (Å²) in [6.07, 6.45) is 7.45. The van der Waals surface area contributed by atoms with Crippen molar-refractivity contribution in [2.24, 2.45) is 0 Å². The molecule has 1 aromatic heterocycles. The summed E-state index contributed by atoms with van der Waals surface area (Å²) < 4.78 is 0. The average molecular weight is 281 g/mol. The van der Waals surface area contributed by atoms with Crippen LogP contribution >= 0.6 is 11.6 Å². The molecule has 1 fully saturated rings. The Kier molecular flexibility index (Phi) is 5.50. The molecule has 1 unspecified atom stereocenters. The lowest BCUT2D eigenvalue weighted by atomic mass is 9.98. The molecule has 0 N–H and O–H groups in total. The zero-order chi connectivity index (χ0) is 13.7. The summed E-state index contributed by atoms with van der Waals surface area (Å²) in [7, 11) is 0. The lowest BCUT2D eigenvalue weighted by Crippen LogP contribution is -2.40. The molecule has 0 bridgehead atoms. The van der Waals surface area contributed by atoms with Crippen molar-refractivity contribution < 1.29 is 0 Å².